The summed E-state index contributed by atoms with van der Waals surface area (Å²) in [6, 6.07) is 11.8. The molecule has 4 rings (SSSR count). The Kier molecular flexibility index (Phi) is 6.79. The van der Waals surface area contributed by atoms with Crippen molar-refractivity contribution in [3.63, 3.8) is 0 Å². The molecule has 0 aliphatic carbocycles. The van der Waals surface area contributed by atoms with Crippen molar-refractivity contribution < 1.29 is 19.2 Å². The first-order valence-electron chi connectivity index (χ1n) is 10.7. The van der Waals surface area contributed by atoms with Crippen molar-refractivity contribution in [1.29, 1.82) is 0 Å². The molecule has 2 heterocycles. The third kappa shape index (κ3) is 5.43. The molecule has 10 heteroatoms. The molecule has 2 fully saturated rings. The number of hydrogen-bond donors (Lipinski definition) is 3. The molecule has 0 spiro atoms. The Morgan fingerprint density at radius 3 is 2.52 bits per heavy atom. The quantitative estimate of drug-likeness (QED) is 0.597. The van der Waals surface area contributed by atoms with E-state index >= 15 is 0 Å². The summed E-state index contributed by atoms with van der Waals surface area (Å²) in [7, 11) is 0. The van der Waals surface area contributed by atoms with E-state index in [1.54, 1.807) is 47.4 Å². The van der Waals surface area contributed by atoms with E-state index < -0.39 is 5.91 Å². The van der Waals surface area contributed by atoms with Crippen LogP contribution in [-0.2, 0) is 14.4 Å². The fourth-order valence-electron chi connectivity index (χ4n) is 3.87. The van der Waals surface area contributed by atoms with Crippen molar-refractivity contribution in [1.82, 2.24) is 10.6 Å². The van der Waals surface area contributed by atoms with Gasteiger partial charge in [0.1, 0.15) is 0 Å². The van der Waals surface area contributed by atoms with E-state index in [0.29, 0.717) is 42.3 Å². The number of benzene rings is 2. The largest absolute Gasteiger partial charge is 0.359 e. The van der Waals surface area contributed by atoms with Gasteiger partial charge in [0, 0.05) is 43.0 Å². The second kappa shape index (κ2) is 9.91. The summed E-state index contributed by atoms with van der Waals surface area (Å²) < 4.78 is 0. The minimum absolute atomic E-state index is 0.0652. The zero-order chi connectivity index (χ0) is 23.4. The van der Waals surface area contributed by atoms with Crippen LogP contribution < -0.4 is 25.8 Å². The van der Waals surface area contributed by atoms with Crippen LogP contribution in [0, 0.1) is 0 Å². The summed E-state index contributed by atoms with van der Waals surface area (Å²) >= 11 is 6.35. The van der Waals surface area contributed by atoms with Crippen molar-refractivity contribution >= 4 is 52.3 Å². The van der Waals surface area contributed by atoms with Crippen LogP contribution in [0.3, 0.4) is 0 Å². The van der Waals surface area contributed by atoms with Crippen LogP contribution >= 0.6 is 11.6 Å². The molecular weight excluding hydrogens is 446 g/mol. The van der Waals surface area contributed by atoms with Crippen LogP contribution in [0.4, 0.5) is 17.1 Å². The fourth-order valence-corrected chi connectivity index (χ4v) is 4.17. The summed E-state index contributed by atoms with van der Waals surface area (Å²) in [6.07, 6.45) is 1.38. The lowest BCUT2D eigenvalue weighted by molar-refractivity contribution is -0.120. The number of carbonyl (C=O) groups excluding carboxylic acids is 4. The van der Waals surface area contributed by atoms with E-state index in [2.05, 4.69) is 16.0 Å². The summed E-state index contributed by atoms with van der Waals surface area (Å²) in [4.78, 5) is 51.6. The second-order valence-corrected chi connectivity index (χ2v) is 8.27. The van der Waals surface area contributed by atoms with E-state index in [1.165, 1.54) is 0 Å². The molecule has 3 N–H and O–H groups in total. The molecule has 0 bridgehead atoms. The Morgan fingerprint density at radius 1 is 1.06 bits per heavy atom. The van der Waals surface area contributed by atoms with Gasteiger partial charge in [-0.05, 0) is 48.9 Å². The van der Waals surface area contributed by atoms with Crippen LogP contribution in [0.5, 0.6) is 0 Å². The number of halogens is 1. The fraction of sp³-hybridized carbons (Fsp3) is 0.304. The Balaban J connectivity index is 1.29. The minimum atomic E-state index is -0.399. The Morgan fingerprint density at radius 2 is 1.85 bits per heavy atom. The van der Waals surface area contributed by atoms with Gasteiger partial charge in [-0.3, -0.25) is 19.2 Å². The monoisotopic (exact) mass is 469 g/mol. The third-order valence-corrected chi connectivity index (χ3v) is 5.84. The Hall–Kier alpha value is -3.59. The number of nitrogens with zero attached hydrogens (tertiary/aromatic N) is 2. The smallest absolute Gasteiger partial charge is 0.251 e. The highest BCUT2D eigenvalue weighted by Gasteiger charge is 2.22. The van der Waals surface area contributed by atoms with E-state index in [-0.39, 0.29) is 30.8 Å². The molecule has 4 amide bonds. The number of piperazine rings is 1. The van der Waals surface area contributed by atoms with Crippen LogP contribution in [0.2, 0.25) is 5.02 Å². The zero-order valence-electron chi connectivity index (χ0n) is 17.9. The van der Waals surface area contributed by atoms with Crippen LogP contribution in [0.15, 0.2) is 42.5 Å². The zero-order valence-corrected chi connectivity index (χ0v) is 18.7. The van der Waals surface area contributed by atoms with Gasteiger partial charge in [-0.1, -0.05) is 11.6 Å². The topological polar surface area (TPSA) is 111 Å². The lowest BCUT2D eigenvalue weighted by Gasteiger charge is -2.29. The van der Waals surface area contributed by atoms with Crippen molar-refractivity contribution in [2.75, 3.05) is 47.8 Å². The van der Waals surface area contributed by atoms with E-state index in [9.17, 15) is 19.2 Å². The lowest BCUT2D eigenvalue weighted by Crippen LogP contribution is -2.47. The van der Waals surface area contributed by atoms with Gasteiger partial charge in [0.15, 0.2) is 0 Å². The maximum Gasteiger partial charge on any atom is 0.251 e. The van der Waals surface area contributed by atoms with Crippen LogP contribution in [0.25, 0.3) is 0 Å². The summed E-state index contributed by atoms with van der Waals surface area (Å²) in [6.45, 7) is 1.90. The molecule has 2 aliphatic rings. The van der Waals surface area contributed by atoms with Gasteiger partial charge in [0.2, 0.25) is 17.7 Å². The highest BCUT2D eigenvalue weighted by atomic mass is 35.5. The predicted octanol–water partition coefficient (Wildman–Crippen LogP) is 1.77. The Bertz CT molecular complexity index is 1090. The summed E-state index contributed by atoms with van der Waals surface area (Å²) in [5.41, 5.74) is 2.37. The molecular formula is C23H24ClN5O4. The molecule has 0 unspecified atom stereocenters. The highest BCUT2D eigenvalue weighted by molar-refractivity contribution is 6.33. The summed E-state index contributed by atoms with van der Waals surface area (Å²) in [5, 5.41) is 8.46. The van der Waals surface area contributed by atoms with Gasteiger partial charge < -0.3 is 25.8 Å². The first kappa shape index (κ1) is 22.6. The maximum atomic E-state index is 12.4. The molecule has 33 heavy (non-hydrogen) atoms. The molecule has 0 atom stereocenters. The van der Waals surface area contributed by atoms with E-state index in [4.69, 9.17) is 11.6 Å². The molecule has 0 radical (unpaired) electrons. The SMILES string of the molecule is O=C1CN(c2ccc(NC(=O)CNC(=O)c3ccc(N4CCCC4=O)cc3)cc2Cl)CCN1. The first-order chi connectivity index (χ1) is 15.9. The number of carbonyl (C=O) groups is 4. The number of amides is 4. The first-order valence-corrected chi connectivity index (χ1v) is 11.1. The molecule has 9 nitrogen and oxygen atoms in total. The van der Waals surface area contributed by atoms with Crippen LogP contribution in [-0.4, -0.2) is 56.4 Å². The Labute approximate surface area is 196 Å². The van der Waals surface area contributed by atoms with E-state index in [1.807, 2.05) is 4.90 Å². The average Bonchev–Trinajstić information content (AvgIpc) is 3.23. The summed E-state index contributed by atoms with van der Waals surface area (Å²) in [5.74, 6) is -0.770. The van der Waals surface area contributed by atoms with Crippen molar-refractivity contribution in [2.24, 2.45) is 0 Å². The molecule has 2 saturated heterocycles. The predicted molar refractivity (Wildman–Crippen MR) is 126 cm³/mol. The van der Waals surface area contributed by atoms with Gasteiger partial charge in [-0.25, -0.2) is 0 Å². The molecule has 0 aromatic heterocycles. The van der Waals surface area contributed by atoms with Crippen LogP contribution in [0.1, 0.15) is 23.2 Å². The van der Waals surface area contributed by atoms with Crippen molar-refractivity contribution in [3.05, 3.63) is 53.1 Å². The molecule has 2 aromatic rings. The van der Waals surface area contributed by atoms with Gasteiger partial charge >= 0.3 is 0 Å². The normalized spacial score (nSPS) is 15.9. The molecule has 2 aromatic carbocycles. The van der Waals surface area contributed by atoms with E-state index in [0.717, 1.165) is 17.8 Å². The average molecular weight is 470 g/mol. The molecule has 2 aliphatic heterocycles. The standard InChI is InChI=1S/C23H24ClN5O4/c24-18-12-16(5-8-19(18)28-11-9-25-21(31)14-28)27-20(30)13-26-23(33)15-3-6-17(7-4-15)29-10-1-2-22(29)32/h3-8,12H,1-2,9-11,13-14H2,(H,25,31)(H,26,33)(H,27,30). The van der Waals surface area contributed by atoms with Gasteiger partial charge in [0.05, 0.1) is 23.8 Å². The second-order valence-electron chi connectivity index (χ2n) is 7.86. The number of anilines is 3. The minimum Gasteiger partial charge on any atom is -0.359 e. The third-order valence-electron chi connectivity index (χ3n) is 5.53. The van der Waals surface area contributed by atoms with Gasteiger partial charge in [-0.2, -0.15) is 0 Å². The van der Waals surface area contributed by atoms with Gasteiger partial charge in [-0.15, -0.1) is 0 Å². The lowest BCUT2D eigenvalue weighted by atomic mass is 10.2. The van der Waals surface area contributed by atoms with Gasteiger partial charge in [0.25, 0.3) is 5.91 Å². The maximum absolute atomic E-state index is 12.4. The van der Waals surface area contributed by atoms with Crippen molar-refractivity contribution in [3.8, 4) is 0 Å². The number of rotatable bonds is 6. The number of hydrogen-bond acceptors (Lipinski definition) is 5. The molecule has 0 saturated carbocycles. The highest BCUT2D eigenvalue weighted by Crippen LogP contribution is 2.29. The number of nitrogens with one attached hydrogen (secondary N) is 3. The molecule has 172 valence electrons. The van der Waals surface area contributed by atoms with Crippen molar-refractivity contribution in [2.45, 2.75) is 12.8 Å².